The van der Waals surface area contributed by atoms with Crippen molar-refractivity contribution < 1.29 is 14.4 Å². The molecule has 3 rings (SSSR count). The van der Waals surface area contributed by atoms with E-state index in [-0.39, 0.29) is 41.4 Å². The van der Waals surface area contributed by atoms with Crippen LogP contribution in [0.2, 0.25) is 0 Å². The minimum atomic E-state index is -0.646. The van der Waals surface area contributed by atoms with Crippen LogP contribution in [0.1, 0.15) is 12.8 Å². The standard InChI is InChI=1S/C16H22N2O3S/c1-17(2)14(19)11(6-7-22-3)18-15(20)12-9-4-5-10(8-9)13(12)16(18)21/h4-5,9-13H,6-8H2,1-3H3. The molecular formula is C16H22N2O3S. The van der Waals surface area contributed by atoms with E-state index >= 15 is 0 Å². The van der Waals surface area contributed by atoms with Gasteiger partial charge < -0.3 is 4.90 Å². The molecule has 1 saturated carbocycles. The number of rotatable bonds is 5. The lowest BCUT2D eigenvalue weighted by Crippen LogP contribution is -2.50. The molecule has 3 aliphatic rings. The van der Waals surface area contributed by atoms with Gasteiger partial charge in [0.05, 0.1) is 11.8 Å². The normalized spacial score (nSPS) is 33.5. The molecule has 6 heteroatoms. The number of amides is 3. The van der Waals surface area contributed by atoms with E-state index in [2.05, 4.69) is 12.2 Å². The molecule has 5 nitrogen and oxygen atoms in total. The minimum Gasteiger partial charge on any atom is -0.347 e. The summed E-state index contributed by atoms with van der Waals surface area (Å²) in [5.41, 5.74) is 0. The zero-order valence-electron chi connectivity index (χ0n) is 13.2. The van der Waals surface area contributed by atoms with E-state index in [1.165, 1.54) is 9.80 Å². The van der Waals surface area contributed by atoms with Crippen molar-refractivity contribution in [1.82, 2.24) is 9.80 Å². The molecule has 1 aliphatic heterocycles. The monoisotopic (exact) mass is 322 g/mol. The Hall–Kier alpha value is -1.30. The molecule has 5 atom stereocenters. The summed E-state index contributed by atoms with van der Waals surface area (Å²) >= 11 is 1.62. The van der Waals surface area contributed by atoms with Crippen molar-refractivity contribution in [3.63, 3.8) is 0 Å². The van der Waals surface area contributed by atoms with Crippen molar-refractivity contribution in [3.8, 4) is 0 Å². The van der Waals surface area contributed by atoms with Gasteiger partial charge >= 0.3 is 0 Å². The Kier molecular flexibility index (Phi) is 4.05. The fourth-order valence-electron chi connectivity index (χ4n) is 4.12. The van der Waals surface area contributed by atoms with Gasteiger partial charge in [-0.15, -0.1) is 0 Å². The van der Waals surface area contributed by atoms with Gasteiger partial charge in [-0.05, 0) is 36.7 Å². The highest BCUT2D eigenvalue weighted by molar-refractivity contribution is 7.98. The van der Waals surface area contributed by atoms with E-state index in [0.717, 1.165) is 12.2 Å². The summed E-state index contributed by atoms with van der Waals surface area (Å²) in [6.45, 7) is 0. The Labute approximate surface area is 135 Å². The molecule has 2 bridgehead atoms. The Morgan fingerprint density at radius 3 is 2.27 bits per heavy atom. The molecule has 1 saturated heterocycles. The van der Waals surface area contributed by atoms with Crippen molar-refractivity contribution >= 4 is 29.5 Å². The van der Waals surface area contributed by atoms with Gasteiger partial charge in [0.15, 0.2) is 0 Å². The van der Waals surface area contributed by atoms with Crippen molar-refractivity contribution in [1.29, 1.82) is 0 Å². The Bertz CT molecular complexity index is 516. The predicted octanol–water partition coefficient (Wildman–Crippen LogP) is 1.00. The van der Waals surface area contributed by atoms with Crippen LogP contribution in [0, 0.1) is 23.7 Å². The zero-order valence-corrected chi connectivity index (χ0v) is 14.0. The lowest BCUT2D eigenvalue weighted by molar-refractivity contribution is -0.151. The fourth-order valence-corrected chi connectivity index (χ4v) is 4.58. The molecule has 0 N–H and O–H groups in total. The molecule has 22 heavy (non-hydrogen) atoms. The maximum absolute atomic E-state index is 12.8. The number of likely N-dealkylation sites (tertiary alicyclic amines) is 1. The Balaban J connectivity index is 1.87. The van der Waals surface area contributed by atoms with E-state index in [0.29, 0.717) is 6.42 Å². The fraction of sp³-hybridized carbons (Fsp3) is 0.688. The van der Waals surface area contributed by atoms with Crippen LogP contribution in [0.15, 0.2) is 12.2 Å². The molecule has 0 spiro atoms. The first-order valence-corrected chi connectivity index (χ1v) is 9.12. The number of fused-ring (bicyclic) bond motifs is 5. The third-order valence-corrected chi connectivity index (χ3v) is 5.78. The largest absolute Gasteiger partial charge is 0.347 e. The van der Waals surface area contributed by atoms with Crippen molar-refractivity contribution in [3.05, 3.63) is 12.2 Å². The van der Waals surface area contributed by atoms with E-state index in [1.54, 1.807) is 25.9 Å². The van der Waals surface area contributed by atoms with Gasteiger partial charge in [-0.2, -0.15) is 11.8 Å². The molecule has 0 radical (unpaired) electrons. The first-order valence-electron chi connectivity index (χ1n) is 7.72. The average Bonchev–Trinajstić information content (AvgIpc) is 3.15. The number of nitrogens with zero attached hydrogens (tertiary/aromatic N) is 2. The molecule has 3 amide bonds. The van der Waals surface area contributed by atoms with E-state index in [1.807, 2.05) is 6.26 Å². The van der Waals surface area contributed by atoms with Crippen LogP contribution >= 0.6 is 11.8 Å². The van der Waals surface area contributed by atoms with Crippen LogP contribution in [0.4, 0.5) is 0 Å². The number of allylic oxidation sites excluding steroid dienone is 2. The van der Waals surface area contributed by atoms with Crippen LogP contribution in [-0.4, -0.2) is 59.7 Å². The van der Waals surface area contributed by atoms with Crippen LogP contribution in [0.5, 0.6) is 0 Å². The van der Waals surface area contributed by atoms with Crippen LogP contribution in [0.3, 0.4) is 0 Å². The van der Waals surface area contributed by atoms with Gasteiger partial charge in [0.2, 0.25) is 17.7 Å². The first-order chi connectivity index (χ1) is 10.5. The number of carbonyl (C=O) groups excluding carboxylic acids is 3. The number of thioether (sulfide) groups is 1. The molecule has 2 aliphatic carbocycles. The summed E-state index contributed by atoms with van der Waals surface area (Å²) in [4.78, 5) is 40.9. The highest BCUT2D eigenvalue weighted by atomic mass is 32.2. The molecule has 0 aromatic rings. The maximum atomic E-state index is 12.8. The lowest BCUT2D eigenvalue weighted by Gasteiger charge is -2.28. The van der Waals surface area contributed by atoms with Gasteiger partial charge in [0.1, 0.15) is 6.04 Å². The number of carbonyl (C=O) groups is 3. The average molecular weight is 322 g/mol. The van der Waals surface area contributed by atoms with Gasteiger partial charge in [-0.25, -0.2) is 0 Å². The molecule has 2 fully saturated rings. The Morgan fingerprint density at radius 1 is 1.27 bits per heavy atom. The summed E-state index contributed by atoms with van der Waals surface area (Å²) in [6.07, 6.45) is 7.55. The second kappa shape index (κ2) is 5.72. The predicted molar refractivity (Wildman–Crippen MR) is 85.1 cm³/mol. The highest BCUT2D eigenvalue weighted by Gasteiger charge is 2.61. The van der Waals surface area contributed by atoms with Crippen molar-refractivity contribution in [2.45, 2.75) is 18.9 Å². The van der Waals surface area contributed by atoms with Gasteiger partial charge in [-0.1, -0.05) is 12.2 Å². The Morgan fingerprint density at radius 2 is 1.82 bits per heavy atom. The number of hydrogen-bond donors (Lipinski definition) is 0. The van der Waals surface area contributed by atoms with Crippen LogP contribution in [0.25, 0.3) is 0 Å². The minimum absolute atomic E-state index is 0.131. The second-order valence-electron chi connectivity index (χ2n) is 6.58. The third kappa shape index (κ3) is 2.19. The maximum Gasteiger partial charge on any atom is 0.245 e. The van der Waals surface area contributed by atoms with Crippen LogP contribution < -0.4 is 0 Å². The summed E-state index contributed by atoms with van der Waals surface area (Å²) in [5, 5.41) is 0. The summed E-state index contributed by atoms with van der Waals surface area (Å²) in [7, 11) is 3.34. The topological polar surface area (TPSA) is 57.7 Å². The van der Waals surface area contributed by atoms with E-state index in [9.17, 15) is 14.4 Å². The molecule has 1 heterocycles. The number of imide groups is 1. The molecule has 0 aromatic heterocycles. The molecular weight excluding hydrogens is 300 g/mol. The SMILES string of the molecule is CSCCC(C(=O)N(C)C)N1C(=O)C2C3C=CC(C3)C2C1=O. The highest BCUT2D eigenvalue weighted by Crippen LogP contribution is 2.53. The second-order valence-corrected chi connectivity index (χ2v) is 7.56. The summed E-state index contributed by atoms with van der Waals surface area (Å²) in [6, 6.07) is -0.646. The van der Waals surface area contributed by atoms with Gasteiger partial charge in [-0.3, -0.25) is 19.3 Å². The first kappa shape index (κ1) is 15.6. The number of likely N-dealkylation sites (N-methyl/N-ethyl adjacent to an activating group) is 1. The van der Waals surface area contributed by atoms with E-state index < -0.39 is 6.04 Å². The van der Waals surface area contributed by atoms with E-state index in [4.69, 9.17) is 0 Å². The van der Waals surface area contributed by atoms with Crippen LogP contribution in [-0.2, 0) is 14.4 Å². The number of hydrogen-bond acceptors (Lipinski definition) is 4. The zero-order chi connectivity index (χ0) is 16.0. The molecule has 120 valence electrons. The van der Waals surface area contributed by atoms with Crippen molar-refractivity contribution in [2.75, 3.05) is 26.1 Å². The lowest BCUT2D eigenvalue weighted by atomic mass is 9.85. The smallest absolute Gasteiger partial charge is 0.245 e. The van der Waals surface area contributed by atoms with Gasteiger partial charge in [0, 0.05) is 14.1 Å². The molecule has 5 unspecified atom stereocenters. The summed E-state index contributed by atoms with van der Waals surface area (Å²) < 4.78 is 0. The van der Waals surface area contributed by atoms with Crippen molar-refractivity contribution in [2.24, 2.45) is 23.7 Å². The quantitative estimate of drug-likeness (QED) is 0.560. The molecule has 0 aromatic carbocycles. The van der Waals surface area contributed by atoms with Gasteiger partial charge in [0.25, 0.3) is 0 Å². The third-order valence-electron chi connectivity index (χ3n) is 5.14. The summed E-state index contributed by atoms with van der Waals surface area (Å²) in [5.74, 6) is 0.252.